The minimum atomic E-state index is -0.451. The van der Waals surface area contributed by atoms with Crippen LogP contribution in [0.2, 0.25) is 0 Å². The fraction of sp³-hybridized carbons (Fsp3) is 0.571. The van der Waals surface area contributed by atoms with E-state index in [9.17, 15) is 9.59 Å². The lowest BCUT2D eigenvalue weighted by Gasteiger charge is -2.33. The number of carbonyl (C=O) groups excluding carboxylic acids is 2. The van der Waals surface area contributed by atoms with Gasteiger partial charge in [-0.15, -0.1) is 0 Å². The Morgan fingerprint density at radius 1 is 1.32 bits per heavy atom. The normalized spacial score (nSPS) is 15.6. The van der Waals surface area contributed by atoms with Crippen molar-refractivity contribution in [3.05, 3.63) is 30.2 Å². The largest absolute Gasteiger partial charge is 0.444 e. The second kappa shape index (κ2) is 8.63. The standard InChI is InChI=1S/C21H30N4O3/c1-21(2,3)28-20(27)25-11-7-15(8-12-25)5-4-9-23-19(26)18-13-16-14-22-10-6-17(16)24-18/h6,10,13-15,24H,4-5,7-9,11-12H2,1-3H3,(H,23,26). The van der Waals surface area contributed by atoms with Crippen molar-refractivity contribution in [1.82, 2.24) is 20.2 Å². The zero-order valence-corrected chi connectivity index (χ0v) is 17.0. The van der Waals surface area contributed by atoms with Gasteiger partial charge in [0.25, 0.3) is 5.91 Å². The van der Waals surface area contributed by atoms with Crippen molar-refractivity contribution in [3.63, 3.8) is 0 Å². The number of nitrogens with zero attached hydrogens (tertiary/aromatic N) is 2. The maximum Gasteiger partial charge on any atom is 0.410 e. The molecule has 28 heavy (non-hydrogen) atoms. The van der Waals surface area contributed by atoms with Crippen molar-refractivity contribution in [1.29, 1.82) is 0 Å². The lowest BCUT2D eigenvalue weighted by atomic mass is 9.92. The first-order chi connectivity index (χ1) is 13.3. The molecular formula is C21H30N4O3. The molecule has 1 aliphatic heterocycles. The molecule has 152 valence electrons. The Hall–Kier alpha value is -2.57. The van der Waals surface area contributed by atoms with E-state index in [0.717, 1.165) is 49.7 Å². The number of fused-ring (bicyclic) bond motifs is 1. The number of nitrogens with one attached hydrogen (secondary N) is 2. The van der Waals surface area contributed by atoms with Gasteiger partial charge in [0, 0.05) is 42.9 Å². The molecule has 7 nitrogen and oxygen atoms in total. The molecule has 0 aromatic carbocycles. The summed E-state index contributed by atoms with van der Waals surface area (Å²) < 4.78 is 5.43. The van der Waals surface area contributed by atoms with Gasteiger partial charge >= 0.3 is 6.09 Å². The molecule has 3 rings (SSSR count). The molecule has 0 aliphatic carbocycles. The summed E-state index contributed by atoms with van der Waals surface area (Å²) >= 11 is 0. The van der Waals surface area contributed by atoms with Crippen molar-refractivity contribution < 1.29 is 14.3 Å². The van der Waals surface area contributed by atoms with Crippen molar-refractivity contribution >= 4 is 22.9 Å². The third-order valence-corrected chi connectivity index (χ3v) is 5.01. The van der Waals surface area contributed by atoms with Crippen LogP contribution in [0.15, 0.2) is 24.5 Å². The summed E-state index contributed by atoms with van der Waals surface area (Å²) in [6.45, 7) is 7.80. The number of rotatable bonds is 5. The van der Waals surface area contributed by atoms with Crippen LogP contribution in [0.5, 0.6) is 0 Å². The topological polar surface area (TPSA) is 87.3 Å². The molecule has 2 amide bonds. The van der Waals surface area contributed by atoms with Crippen molar-refractivity contribution in [2.24, 2.45) is 5.92 Å². The predicted molar refractivity (Wildman–Crippen MR) is 108 cm³/mol. The fourth-order valence-corrected chi connectivity index (χ4v) is 3.51. The van der Waals surface area contributed by atoms with Crippen molar-refractivity contribution in [3.8, 4) is 0 Å². The number of piperidine rings is 1. The van der Waals surface area contributed by atoms with E-state index >= 15 is 0 Å². The highest BCUT2D eigenvalue weighted by Gasteiger charge is 2.26. The Balaban J connectivity index is 1.35. The molecule has 0 spiro atoms. The van der Waals surface area contributed by atoms with E-state index in [4.69, 9.17) is 4.74 Å². The Kier molecular flexibility index (Phi) is 6.21. The summed E-state index contributed by atoms with van der Waals surface area (Å²) in [5.74, 6) is 0.505. The number of amides is 2. The van der Waals surface area contributed by atoms with Gasteiger partial charge < -0.3 is 19.9 Å². The van der Waals surface area contributed by atoms with E-state index in [0.29, 0.717) is 18.2 Å². The van der Waals surface area contributed by atoms with Crippen LogP contribution in [0.4, 0.5) is 4.79 Å². The summed E-state index contributed by atoms with van der Waals surface area (Å²) in [4.78, 5) is 33.4. The maximum atomic E-state index is 12.3. The van der Waals surface area contributed by atoms with Gasteiger partial charge in [-0.05, 0) is 64.5 Å². The monoisotopic (exact) mass is 386 g/mol. The number of H-pyrrole nitrogens is 1. The van der Waals surface area contributed by atoms with Crippen LogP contribution in [-0.2, 0) is 4.74 Å². The second-order valence-electron chi connectivity index (χ2n) is 8.45. The molecule has 0 unspecified atom stereocenters. The van der Waals surface area contributed by atoms with Crippen LogP contribution in [-0.4, -0.2) is 52.1 Å². The minimum absolute atomic E-state index is 0.0871. The van der Waals surface area contributed by atoms with E-state index in [-0.39, 0.29) is 12.0 Å². The van der Waals surface area contributed by atoms with E-state index in [1.807, 2.05) is 32.9 Å². The van der Waals surface area contributed by atoms with E-state index in [1.54, 1.807) is 17.3 Å². The Labute approximate surface area is 165 Å². The number of hydrogen-bond donors (Lipinski definition) is 2. The van der Waals surface area contributed by atoms with Crippen LogP contribution in [0.1, 0.15) is 56.9 Å². The summed E-state index contributed by atoms with van der Waals surface area (Å²) in [7, 11) is 0. The Morgan fingerprint density at radius 2 is 2.07 bits per heavy atom. The van der Waals surface area contributed by atoms with Gasteiger partial charge in [0.05, 0.1) is 0 Å². The average molecular weight is 386 g/mol. The SMILES string of the molecule is CC(C)(C)OC(=O)N1CCC(CCCNC(=O)c2cc3cnccc3[nH]2)CC1. The number of carbonyl (C=O) groups is 2. The maximum absolute atomic E-state index is 12.3. The second-order valence-corrected chi connectivity index (χ2v) is 8.45. The molecule has 1 aliphatic rings. The molecule has 2 aromatic rings. The van der Waals surface area contributed by atoms with Gasteiger partial charge in [-0.2, -0.15) is 0 Å². The molecule has 3 heterocycles. The minimum Gasteiger partial charge on any atom is -0.444 e. The summed E-state index contributed by atoms with van der Waals surface area (Å²) in [6.07, 6.45) is 7.20. The first kappa shape index (κ1) is 20.2. The first-order valence-corrected chi connectivity index (χ1v) is 10.0. The highest BCUT2D eigenvalue weighted by atomic mass is 16.6. The van der Waals surface area contributed by atoms with Gasteiger partial charge in [-0.3, -0.25) is 9.78 Å². The number of hydrogen-bond acceptors (Lipinski definition) is 4. The van der Waals surface area contributed by atoms with Crippen LogP contribution in [0.25, 0.3) is 10.9 Å². The van der Waals surface area contributed by atoms with E-state index in [2.05, 4.69) is 15.3 Å². The lowest BCUT2D eigenvalue weighted by molar-refractivity contribution is 0.0180. The van der Waals surface area contributed by atoms with Gasteiger partial charge in [-0.25, -0.2) is 4.79 Å². The molecule has 7 heteroatoms. The molecule has 0 bridgehead atoms. The first-order valence-electron chi connectivity index (χ1n) is 10.0. The summed E-state index contributed by atoms with van der Waals surface area (Å²) in [6, 6.07) is 3.68. The molecule has 0 radical (unpaired) electrons. The van der Waals surface area contributed by atoms with E-state index in [1.165, 1.54) is 0 Å². The lowest BCUT2D eigenvalue weighted by Crippen LogP contribution is -2.41. The molecule has 1 saturated heterocycles. The molecular weight excluding hydrogens is 356 g/mol. The highest BCUT2D eigenvalue weighted by molar-refractivity contribution is 5.97. The third kappa shape index (κ3) is 5.47. The number of likely N-dealkylation sites (tertiary alicyclic amines) is 1. The van der Waals surface area contributed by atoms with Gasteiger partial charge in [-0.1, -0.05) is 0 Å². The number of ether oxygens (including phenoxy) is 1. The quantitative estimate of drug-likeness (QED) is 0.767. The Bertz CT molecular complexity index is 783. The summed E-state index contributed by atoms with van der Waals surface area (Å²) in [5, 5.41) is 3.91. The van der Waals surface area contributed by atoms with Crippen LogP contribution in [0, 0.1) is 5.92 Å². The molecule has 0 atom stereocenters. The van der Waals surface area contributed by atoms with Crippen molar-refractivity contribution in [2.75, 3.05) is 19.6 Å². The van der Waals surface area contributed by atoms with Crippen LogP contribution in [0.3, 0.4) is 0 Å². The zero-order valence-electron chi connectivity index (χ0n) is 17.0. The van der Waals surface area contributed by atoms with Crippen molar-refractivity contribution in [2.45, 2.75) is 52.1 Å². The third-order valence-electron chi connectivity index (χ3n) is 5.01. The molecule has 2 N–H and O–H groups in total. The smallest absolute Gasteiger partial charge is 0.410 e. The number of pyridine rings is 1. The number of aromatic nitrogens is 2. The number of aromatic amines is 1. The summed E-state index contributed by atoms with van der Waals surface area (Å²) in [5.41, 5.74) is 1.03. The zero-order chi connectivity index (χ0) is 20.1. The van der Waals surface area contributed by atoms with Gasteiger partial charge in [0.15, 0.2) is 0 Å². The predicted octanol–water partition coefficient (Wildman–Crippen LogP) is 3.72. The highest BCUT2D eigenvalue weighted by Crippen LogP contribution is 2.23. The molecule has 2 aromatic heterocycles. The van der Waals surface area contributed by atoms with Gasteiger partial charge in [0.2, 0.25) is 0 Å². The molecule has 1 fully saturated rings. The van der Waals surface area contributed by atoms with Crippen LogP contribution >= 0.6 is 0 Å². The van der Waals surface area contributed by atoms with Crippen LogP contribution < -0.4 is 5.32 Å². The fourth-order valence-electron chi connectivity index (χ4n) is 3.51. The molecule has 0 saturated carbocycles. The average Bonchev–Trinajstić information content (AvgIpc) is 3.08. The van der Waals surface area contributed by atoms with E-state index < -0.39 is 5.60 Å². The van der Waals surface area contributed by atoms with Gasteiger partial charge in [0.1, 0.15) is 11.3 Å². The Morgan fingerprint density at radius 3 is 2.75 bits per heavy atom.